The Morgan fingerprint density at radius 1 is 1.21 bits per heavy atom. The second kappa shape index (κ2) is 6.46. The summed E-state index contributed by atoms with van der Waals surface area (Å²) >= 11 is 5.25. The first-order chi connectivity index (χ1) is 9.11. The molecule has 2 aromatic carbocycles. The van der Waals surface area contributed by atoms with E-state index in [1.807, 2.05) is 25.1 Å². The Morgan fingerprint density at radius 3 is 2.58 bits per heavy atom. The molecule has 19 heavy (non-hydrogen) atoms. The van der Waals surface area contributed by atoms with Crippen molar-refractivity contribution < 1.29 is 4.74 Å². The summed E-state index contributed by atoms with van der Waals surface area (Å²) in [5.41, 5.74) is 7.02. The zero-order valence-electron chi connectivity index (χ0n) is 10.9. The number of nitrogens with two attached hydrogens (primary N) is 1. The molecule has 0 spiro atoms. The van der Waals surface area contributed by atoms with Crippen molar-refractivity contribution in [2.45, 2.75) is 22.8 Å². The van der Waals surface area contributed by atoms with E-state index < -0.39 is 0 Å². The molecule has 0 saturated carbocycles. The van der Waals surface area contributed by atoms with E-state index in [0.29, 0.717) is 0 Å². The van der Waals surface area contributed by atoms with Crippen molar-refractivity contribution in [3.63, 3.8) is 0 Å². The first-order valence-electron chi connectivity index (χ1n) is 5.97. The third-order valence-corrected chi connectivity index (χ3v) is 4.49. The van der Waals surface area contributed by atoms with Gasteiger partial charge in [-0.05, 0) is 36.8 Å². The number of ether oxygens (including phenoxy) is 1. The van der Waals surface area contributed by atoms with Gasteiger partial charge in [-0.3, -0.25) is 0 Å². The van der Waals surface area contributed by atoms with Gasteiger partial charge in [-0.1, -0.05) is 45.9 Å². The molecule has 2 rings (SSSR count). The zero-order valence-corrected chi connectivity index (χ0v) is 13.3. The Kier molecular flexibility index (Phi) is 4.91. The average Bonchev–Trinajstić information content (AvgIpc) is 2.39. The lowest BCUT2D eigenvalue weighted by molar-refractivity contribution is 0.405. The third kappa shape index (κ3) is 3.53. The van der Waals surface area contributed by atoms with Crippen LogP contribution in [-0.4, -0.2) is 7.11 Å². The molecule has 2 aromatic rings. The summed E-state index contributed by atoms with van der Waals surface area (Å²) in [7, 11) is 1.69. The zero-order chi connectivity index (χ0) is 13.8. The van der Waals surface area contributed by atoms with Crippen LogP contribution in [-0.2, 0) is 0 Å². The Bertz CT molecular complexity index is 572. The summed E-state index contributed by atoms with van der Waals surface area (Å²) in [4.78, 5) is 2.26. The van der Waals surface area contributed by atoms with Gasteiger partial charge >= 0.3 is 0 Å². The number of rotatable bonds is 4. The lowest BCUT2D eigenvalue weighted by Gasteiger charge is -2.11. The van der Waals surface area contributed by atoms with Crippen LogP contribution < -0.4 is 10.5 Å². The van der Waals surface area contributed by atoms with E-state index in [2.05, 4.69) is 40.2 Å². The Hall–Kier alpha value is -0.970. The first-order valence-corrected chi connectivity index (χ1v) is 7.58. The lowest BCUT2D eigenvalue weighted by atomic mass is 10.1. The topological polar surface area (TPSA) is 35.2 Å². The van der Waals surface area contributed by atoms with Gasteiger partial charge in [0.1, 0.15) is 5.75 Å². The van der Waals surface area contributed by atoms with Crippen LogP contribution in [0.25, 0.3) is 0 Å². The van der Waals surface area contributed by atoms with Gasteiger partial charge in [0, 0.05) is 15.4 Å². The molecule has 100 valence electrons. The molecule has 0 bridgehead atoms. The van der Waals surface area contributed by atoms with E-state index in [9.17, 15) is 0 Å². The Morgan fingerprint density at radius 2 is 1.95 bits per heavy atom. The van der Waals surface area contributed by atoms with Gasteiger partial charge in [-0.15, -0.1) is 0 Å². The maximum Gasteiger partial charge on any atom is 0.132 e. The molecule has 0 aromatic heterocycles. The van der Waals surface area contributed by atoms with Crippen LogP contribution in [0.5, 0.6) is 5.75 Å². The van der Waals surface area contributed by atoms with E-state index in [-0.39, 0.29) is 6.04 Å². The van der Waals surface area contributed by atoms with Crippen LogP contribution in [0.1, 0.15) is 18.5 Å². The van der Waals surface area contributed by atoms with E-state index in [1.165, 1.54) is 0 Å². The van der Waals surface area contributed by atoms with E-state index in [0.717, 1.165) is 25.6 Å². The predicted octanol–water partition coefficient (Wildman–Crippen LogP) is 4.63. The molecule has 0 aliphatic heterocycles. The molecule has 0 aliphatic carbocycles. The van der Waals surface area contributed by atoms with Crippen molar-refractivity contribution in [3.8, 4) is 5.75 Å². The maximum atomic E-state index is 5.91. The number of hydrogen-bond acceptors (Lipinski definition) is 3. The van der Waals surface area contributed by atoms with Crippen LogP contribution in [0.2, 0.25) is 0 Å². The quantitative estimate of drug-likeness (QED) is 0.883. The van der Waals surface area contributed by atoms with Crippen molar-refractivity contribution in [3.05, 3.63) is 52.5 Å². The summed E-state index contributed by atoms with van der Waals surface area (Å²) in [5.74, 6) is 0.889. The highest BCUT2D eigenvalue weighted by atomic mass is 79.9. The molecule has 0 unspecified atom stereocenters. The van der Waals surface area contributed by atoms with E-state index in [4.69, 9.17) is 10.5 Å². The molecule has 4 heteroatoms. The first kappa shape index (κ1) is 14.4. The summed E-state index contributed by atoms with van der Waals surface area (Å²) in [6, 6.07) is 14.3. The maximum absolute atomic E-state index is 5.91. The largest absolute Gasteiger partial charge is 0.496 e. The highest BCUT2D eigenvalue weighted by Gasteiger charge is 2.08. The van der Waals surface area contributed by atoms with Gasteiger partial charge in [0.15, 0.2) is 0 Å². The fourth-order valence-electron chi connectivity index (χ4n) is 1.77. The van der Waals surface area contributed by atoms with Gasteiger partial charge in [0.05, 0.1) is 12.0 Å². The summed E-state index contributed by atoms with van der Waals surface area (Å²) in [5, 5.41) is 0. The minimum atomic E-state index is 0.0275. The second-order valence-electron chi connectivity index (χ2n) is 4.22. The minimum absolute atomic E-state index is 0.0275. The second-order valence-corrected chi connectivity index (χ2v) is 6.19. The molecule has 0 saturated heterocycles. The molecule has 2 nitrogen and oxygen atoms in total. The number of para-hydroxylation sites is 1. The van der Waals surface area contributed by atoms with Crippen LogP contribution in [0.3, 0.4) is 0 Å². The standard InChI is InChI=1S/C15H16BrNOS/c1-10(17)12-8-7-11(9-13(12)16)19-15-6-4-3-5-14(15)18-2/h3-10H,17H2,1-2H3/t10-/m0/s1. The fourth-order valence-corrected chi connectivity index (χ4v) is 3.63. The molecule has 0 heterocycles. The molecule has 0 aliphatic rings. The van der Waals surface area contributed by atoms with E-state index >= 15 is 0 Å². The van der Waals surface area contributed by atoms with Gasteiger partial charge in [-0.2, -0.15) is 0 Å². The molecular weight excluding hydrogens is 322 g/mol. The smallest absolute Gasteiger partial charge is 0.132 e. The van der Waals surface area contributed by atoms with Gasteiger partial charge < -0.3 is 10.5 Å². The van der Waals surface area contributed by atoms with Crippen molar-refractivity contribution >= 4 is 27.7 Å². The van der Waals surface area contributed by atoms with Crippen molar-refractivity contribution in [2.75, 3.05) is 7.11 Å². The molecule has 0 fully saturated rings. The molecule has 0 amide bonds. The molecule has 2 N–H and O–H groups in total. The minimum Gasteiger partial charge on any atom is -0.496 e. The highest BCUT2D eigenvalue weighted by molar-refractivity contribution is 9.10. The Balaban J connectivity index is 2.26. The number of benzene rings is 2. The summed E-state index contributed by atoms with van der Waals surface area (Å²) in [6.07, 6.45) is 0. The molecular formula is C15H16BrNOS. The number of methoxy groups -OCH3 is 1. The van der Waals surface area contributed by atoms with Gasteiger partial charge in [-0.25, -0.2) is 0 Å². The molecule has 1 atom stereocenters. The van der Waals surface area contributed by atoms with E-state index in [1.54, 1.807) is 18.9 Å². The average molecular weight is 338 g/mol. The fraction of sp³-hybridized carbons (Fsp3) is 0.200. The number of hydrogen-bond donors (Lipinski definition) is 1. The highest BCUT2D eigenvalue weighted by Crippen LogP contribution is 2.36. The third-order valence-electron chi connectivity index (χ3n) is 2.76. The van der Waals surface area contributed by atoms with Crippen LogP contribution in [0, 0.1) is 0 Å². The van der Waals surface area contributed by atoms with Crippen molar-refractivity contribution in [1.82, 2.24) is 0 Å². The monoisotopic (exact) mass is 337 g/mol. The van der Waals surface area contributed by atoms with Crippen molar-refractivity contribution in [1.29, 1.82) is 0 Å². The van der Waals surface area contributed by atoms with Crippen molar-refractivity contribution in [2.24, 2.45) is 5.73 Å². The van der Waals surface area contributed by atoms with Gasteiger partial charge in [0.25, 0.3) is 0 Å². The molecule has 0 radical (unpaired) electrons. The van der Waals surface area contributed by atoms with Crippen LogP contribution in [0.4, 0.5) is 0 Å². The van der Waals surface area contributed by atoms with Crippen LogP contribution >= 0.6 is 27.7 Å². The normalized spacial score (nSPS) is 12.2. The summed E-state index contributed by atoms with van der Waals surface area (Å²) in [6.45, 7) is 1.98. The summed E-state index contributed by atoms with van der Waals surface area (Å²) < 4.78 is 6.40. The van der Waals surface area contributed by atoms with Gasteiger partial charge in [0.2, 0.25) is 0 Å². The lowest BCUT2D eigenvalue weighted by Crippen LogP contribution is -2.05. The predicted molar refractivity (Wildman–Crippen MR) is 83.9 cm³/mol. The Labute approximate surface area is 126 Å². The SMILES string of the molecule is COc1ccccc1Sc1ccc([C@H](C)N)c(Br)c1. The number of halogens is 1. The van der Waals surface area contributed by atoms with Crippen LogP contribution in [0.15, 0.2) is 56.7 Å².